The van der Waals surface area contributed by atoms with E-state index in [1.54, 1.807) is 36.4 Å². The molecule has 0 atom stereocenters. The molecule has 2 aromatic heterocycles. The average molecular weight is 673 g/mol. The molecule has 2 aliphatic rings. The van der Waals surface area contributed by atoms with E-state index in [4.69, 9.17) is 0 Å². The summed E-state index contributed by atoms with van der Waals surface area (Å²) in [4.78, 5) is 60.0. The summed E-state index contributed by atoms with van der Waals surface area (Å²) in [6, 6.07) is 12.6. The van der Waals surface area contributed by atoms with Crippen molar-refractivity contribution in [1.82, 2.24) is 29.2 Å². The Balaban J connectivity index is 1.41. The SMILES string of the molecule is CC(C)(C)N(C(=O)O)C1CCC(n2c(=O)c3cc(F)cnc3n(-c3cccc(-c4ccc(O)cc4CN4CCNC(=O)CC4)c3)c2=O)CC1. The molecule has 258 valence electrons. The van der Waals surface area contributed by atoms with E-state index in [0.29, 0.717) is 64.0 Å². The van der Waals surface area contributed by atoms with Gasteiger partial charge in [-0.2, -0.15) is 0 Å². The van der Waals surface area contributed by atoms with Gasteiger partial charge < -0.3 is 20.4 Å². The smallest absolute Gasteiger partial charge is 0.407 e. The highest BCUT2D eigenvalue weighted by atomic mass is 19.1. The zero-order chi connectivity index (χ0) is 35.0. The highest BCUT2D eigenvalue weighted by Crippen LogP contribution is 2.34. The second-order valence-electron chi connectivity index (χ2n) is 13.9. The van der Waals surface area contributed by atoms with Crippen LogP contribution in [0.5, 0.6) is 5.75 Å². The third kappa shape index (κ3) is 6.93. The van der Waals surface area contributed by atoms with Crippen LogP contribution < -0.4 is 16.6 Å². The highest BCUT2D eigenvalue weighted by molar-refractivity contribution is 5.77. The molecule has 1 saturated heterocycles. The molecular weight excluding hydrogens is 631 g/mol. The van der Waals surface area contributed by atoms with Gasteiger partial charge in [-0.15, -0.1) is 0 Å². The Morgan fingerprint density at radius 1 is 1.04 bits per heavy atom. The highest BCUT2D eigenvalue weighted by Gasteiger charge is 2.37. The van der Waals surface area contributed by atoms with Crippen LogP contribution in [0.1, 0.15) is 64.5 Å². The molecule has 0 unspecified atom stereocenters. The number of halogens is 1. The van der Waals surface area contributed by atoms with Gasteiger partial charge in [0.05, 0.1) is 17.3 Å². The number of phenols is 1. The van der Waals surface area contributed by atoms with Gasteiger partial charge in [0.25, 0.3) is 5.56 Å². The van der Waals surface area contributed by atoms with Crippen LogP contribution in [0.25, 0.3) is 27.8 Å². The van der Waals surface area contributed by atoms with Crippen molar-refractivity contribution in [2.75, 3.05) is 19.6 Å². The molecule has 49 heavy (non-hydrogen) atoms. The number of nitrogens with one attached hydrogen (secondary N) is 1. The van der Waals surface area contributed by atoms with E-state index in [2.05, 4.69) is 15.2 Å². The maximum Gasteiger partial charge on any atom is 0.407 e. The summed E-state index contributed by atoms with van der Waals surface area (Å²) in [5, 5.41) is 23.1. The molecule has 3 N–H and O–H groups in total. The Morgan fingerprint density at radius 3 is 2.51 bits per heavy atom. The number of pyridine rings is 1. The van der Waals surface area contributed by atoms with Crippen molar-refractivity contribution in [1.29, 1.82) is 0 Å². The normalized spacial score (nSPS) is 19.0. The zero-order valence-electron chi connectivity index (χ0n) is 27.9. The lowest BCUT2D eigenvalue weighted by atomic mass is 9.88. The van der Waals surface area contributed by atoms with Crippen LogP contribution in [0.3, 0.4) is 0 Å². The van der Waals surface area contributed by atoms with Crippen LogP contribution in [0.4, 0.5) is 9.18 Å². The molecule has 3 heterocycles. The second kappa shape index (κ2) is 13.5. The van der Waals surface area contributed by atoms with E-state index in [9.17, 15) is 33.8 Å². The fraction of sp³-hybridized carbons (Fsp3) is 0.417. The number of carboxylic acid groups (broad SMARTS) is 1. The molecule has 1 saturated carbocycles. The summed E-state index contributed by atoms with van der Waals surface area (Å²) < 4.78 is 17.1. The van der Waals surface area contributed by atoms with Gasteiger partial charge in [0.1, 0.15) is 11.6 Å². The molecule has 0 spiro atoms. The first kappa shape index (κ1) is 33.8. The number of carbonyl (C=O) groups is 2. The number of rotatable bonds is 6. The molecule has 6 rings (SSSR count). The minimum absolute atomic E-state index is 0.000912. The number of benzene rings is 2. The van der Waals surface area contributed by atoms with Gasteiger partial charge in [-0.1, -0.05) is 18.2 Å². The maximum atomic E-state index is 14.5. The minimum atomic E-state index is -1.02. The monoisotopic (exact) mass is 672 g/mol. The van der Waals surface area contributed by atoms with Gasteiger partial charge in [-0.05, 0) is 93.5 Å². The van der Waals surface area contributed by atoms with Crippen LogP contribution in [-0.2, 0) is 11.3 Å². The first-order valence-electron chi connectivity index (χ1n) is 16.6. The summed E-state index contributed by atoms with van der Waals surface area (Å²) in [6.07, 6.45) is 2.03. The number of phenolic OH excluding ortho intramolecular Hbond substituents is 1. The van der Waals surface area contributed by atoms with Gasteiger partial charge in [-0.25, -0.2) is 23.5 Å². The van der Waals surface area contributed by atoms with Crippen LogP contribution in [0.15, 0.2) is 64.3 Å². The van der Waals surface area contributed by atoms with Crippen LogP contribution in [-0.4, -0.2) is 77.3 Å². The number of nitrogens with zero attached hydrogens (tertiary/aromatic N) is 5. The van der Waals surface area contributed by atoms with Crippen LogP contribution >= 0.6 is 0 Å². The number of carbonyl (C=O) groups excluding carboxylic acids is 1. The van der Waals surface area contributed by atoms with Crippen LogP contribution in [0.2, 0.25) is 0 Å². The second-order valence-corrected chi connectivity index (χ2v) is 13.9. The average Bonchev–Trinajstić information content (AvgIpc) is 3.25. The Morgan fingerprint density at radius 2 is 1.80 bits per heavy atom. The lowest BCUT2D eigenvalue weighted by Gasteiger charge is -2.42. The van der Waals surface area contributed by atoms with Gasteiger partial charge >= 0.3 is 11.8 Å². The number of amides is 2. The standard InChI is InChI=1S/C36H41FN6O6/c1-36(2,3)43(35(48)49)26-9-7-25(8-10-26)42-33(46)30-19-24(37)20-39-32(30)41(34(42)47)27-6-4-5-22(17-27)29-12-11-28(44)18-23(29)21-40-15-13-31(45)38-14-16-40/h4-6,11-12,17-20,25-26,44H,7-10,13-16,21H2,1-3H3,(H,38,45)(H,48,49). The first-order valence-corrected chi connectivity index (χ1v) is 16.6. The third-order valence-electron chi connectivity index (χ3n) is 9.52. The summed E-state index contributed by atoms with van der Waals surface area (Å²) in [7, 11) is 0. The first-order chi connectivity index (χ1) is 23.3. The van der Waals surface area contributed by atoms with Crippen LogP contribution in [0, 0.1) is 5.82 Å². The lowest BCUT2D eigenvalue weighted by molar-refractivity contribution is -0.120. The zero-order valence-corrected chi connectivity index (χ0v) is 27.9. The molecule has 13 heteroatoms. The van der Waals surface area contributed by atoms with Gasteiger partial charge in [0, 0.05) is 50.2 Å². The lowest BCUT2D eigenvalue weighted by Crippen LogP contribution is -2.53. The number of aromatic nitrogens is 3. The molecule has 12 nitrogen and oxygen atoms in total. The molecule has 4 aromatic rings. The molecule has 0 radical (unpaired) electrons. The fourth-order valence-corrected chi connectivity index (χ4v) is 7.32. The summed E-state index contributed by atoms with van der Waals surface area (Å²) >= 11 is 0. The van der Waals surface area contributed by atoms with E-state index in [1.165, 1.54) is 14.0 Å². The Hall–Kier alpha value is -5.04. The van der Waals surface area contributed by atoms with Crippen molar-refractivity contribution in [3.8, 4) is 22.6 Å². The molecule has 1 aliphatic heterocycles. The number of hydrogen-bond donors (Lipinski definition) is 3. The predicted molar refractivity (Wildman–Crippen MR) is 182 cm³/mol. The van der Waals surface area contributed by atoms with Crippen molar-refractivity contribution in [3.63, 3.8) is 0 Å². The topological polar surface area (TPSA) is 150 Å². The summed E-state index contributed by atoms with van der Waals surface area (Å²) in [5.74, 6) is -0.609. The Labute approximate surface area is 282 Å². The number of aromatic hydroxyl groups is 1. The molecule has 1 aliphatic carbocycles. The van der Waals surface area contributed by atoms with E-state index in [0.717, 1.165) is 29.0 Å². The molecule has 2 fully saturated rings. The Bertz CT molecular complexity index is 2030. The van der Waals surface area contributed by atoms with E-state index < -0.39 is 34.7 Å². The van der Waals surface area contributed by atoms with Gasteiger partial charge in [-0.3, -0.25) is 19.1 Å². The van der Waals surface area contributed by atoms with E-state index in [-0.39, 0.29) is 28.7 Å². The molecule has 2 aromatic carbocycles. The predicted octanol–water partition coefficient (Wildman–Crippen LogP) is 4.64. The van der Waals surface area contributed by atoms with Crippen molar-refractivity contribution >= 4 is 23.0 Å². The number of fused-ring (bicyclic) bond motifs is 1. The molecule has 0 bridgehead atoms. The van der Waals surface area contributed by atoms with Crippen molar-refractivity contribution in [2.24, 2.45) is 0 Å². The summed E-state index contributed by atoms with van der Waals surface area (Å²) in [6.45, 7) is 7.74. The van der Waals surface area contributed by atoms with E-state index in [1.807, 2.05) is 26.8 Å². The number of hydrogen-bond acceptors (Lipinski definition) is 7. The van der Waals surface area contributed by atoms with Crippen molar-refractivity contribution < 1.29 is 24.2 Å². The van der Waals surface area contributed by atoms with Gasteiger partial charge in [0.2, 0.25) is 5.91 Å². The van der Waals surface area contributed by atoms with E-state index >= 15 is 0 Å². The maximum absolute atomic E-state index is 14.5. The third-order valence-corrected chi connectivity index (χ3v) is 9.52. The largest absolute Gasteiger partial charge is 0.508 e. The van der Waals surface area contributed by atoms with Gasteiger partial charge in [0.15, 0.2) is 5.65 Å². The Kier molecular flexibility index (Phi) is 9.30. The molecular formula is C36H41FN6O6. The molecule has 2 amide bonds. The minimum Gasteiger partial charge on any atom is -0.508 e. The quantitative estimate of drug-likeness (QED) is 0.268. The van der Waals surface area contributed by atoms with Crippen molar-refractivity contribution in [3.05, 3.63) is 86.9 Å². The summed E-state index contributed by atoms with van der Waals surface area (Å²) in [5.41, 5.74) is 0.955. The van der Waals surface area contributed by atoms with Crippen molar-refractivity contribution in [2.45, 2.75) is 77.0 Å². The fourth-order valence-electron chi connectivity index (χ4n) is 7.32.